The van der Waals surface area contributed by atoms with E-state index in [1.807, 2.05) is 55.1 Å². The zero-order valence-electron chi connectivity index (χ0n) is 21.3. The Kier molecular flexibility index (Phi) is 8.15. The molecular weight excluding hydrogens is 438 g/mol. The number of hydrogen-bond donors (Lipinski definition) is 2. The summed E-state index contributed by atoms with van der Waals surface area (Å²) in [5.74, 6) is 1.71. The van der Waals surface area contributed by atoms with Crippen molar-refractivity contribution in [3.05, 3.63) is 59.4 Å². The number of rotatable bonds is 8. The van der Waals surface area contributed by atoms with Crippen LogP contribution in [0.5, 0.6) is 0 Å². The molecule has 0 radical (unpaired) electrons. The number of nitrogens with one attached hydrogen (secondary N) is 2. The molecule has 0 unspecified atom stereocenters. The molecule has 2 amide bonds. The molecule has 0 atom stereocenters. The van der Waals surface area contributed by atoms with E-state index < -0.39 is 0 Å². The van der Waals surface area contributed by atoms with E-state index >= 15 is 0 Å². The van der Waals surface area contributed by atoms with Crippen molar-refractivity contribution in [2.75, 3.05) is 64.0 Å². The fourth-order valence-electron chi connectivity index (χ4n) is 4.44. The Hall–Kier alpha value is -3.23. The van der Waals surface area contributed by atoms with E-state index in [4.69, 9.17) is 9.97 Å². The first kappa shape index (κ1) is 24.9. The van der Waals surface area contributed by atoms with Gasteiger partial charge in [0.1, 0.15) is 11.6 Å². The highest BCUT2D eigenvalue weighted by molar-refractivity contribution is 5.91. The number of fused-ring (bicyclic) bond motifs is 1. The summed E-state index contributed by atoms with van der Waals surface area (Å²) in [6.07, 6.45) is 1.05. The molecule has 1 aliphatic rings. The van der Waals surface area contributed by atoms with Gasteiger partial charge in [0, 0.05) is 43.8 Å². The predicted octanol–water partition coefficient (Wildman–Crippen LogP) is 3.96. The van der Waals surface area contributed by atoms with Crippen LogP contribution in [0.25, 0.3) is 10.9 Å². The number of hydrogen-bond acceptors (Lipinski definition) is 6. The fourth-order valence-corrected chi connectivity index (χ4v) is 4.44. The molecule has 3 aromatic rings. The lowest BCUT2D eigenvalue weighted by Gasteiger charge is -2.34. The van der Waals surface area contributed by atoms with Crippen LogP contribution in [0.4, 0.5) is 16.3 Å². The topological polar surface area (TPSA) is 76.6 Å². The van der Waals surface area contributed by atoms with Crippen molar-refractivity contribution >= 4 is 28.4 Å². The number of amides is 2. The number of para-hydroxylation sites is 2. The maximum atomic E-state index is 12.9. The Bertz CT molecular complexity index is 1140. The van der Waals surface area contributed by atoms with E-state index in [0.29, 0.717) is 19.6 Å². The van der Waals surface area contributed by atoms with E-state index in [-0.39, 0.29) is 6.03 Å². The Morgan fingerprint density at radius 1 is 0.971 bits per heavy atom. The number of carbonyl (C=O) groups is 1. The van der Waals surface area contributed by atoms with E-state index in [0.717, 1.165) is 72.0 Å². The summed E-state index contributed by atoms with van der Waals surface area (Å²) in [5.41, 5.74) is 4.03. The van der Waals surface area contributed by atoms with Gasteiger partial charge in [0.25, 0.3) is 0 Å². The Labute approximate surface area is 208 Å². The maximum absolute atomic E-state index is 12.9. The second kappa shape index (κ2) is 11.5. The largest absolute Gasteiger partial charge is 0.369 e. The minimum atomic E-state index is -0.0341. The molecule has 35 heavy (non-hydrogen) atoms. The standard InChI is InChI=1S/C27H37N7O/c1-20-9-7-10-21(2)25(20)31-27(35)34-17-15-33(16-18-34)19-24-29-23-12-6-5-11-22(23)26(30-24)28-13-8-14-32(3)4/h5-7,9-12H,8,13-19H2,1-4H3,(H,31,35)(H,28,29,30). The fraction of sp³-hybridized carbons (Fsp3) is 0.444. The summed E-state index contributed by atoms with van der Waals surface area (Å²) >= 11 is 0. The highest BCUT2D eigenvalue weighted by atomic mass is 16.2. The first-order valence-corrected chi connectivity index (χ1v) is 12.4. The number of piperazine rings is 1. The van der Waals surface area contributed by atoms with Gasteiger partial charge in [0.05, 0.1) is 12.1 Å². The number of benzene rings is 2. The van der Waals surface area contributed by atoms with Gasteiger partial charge in [-0.1, -0.05) is 30.3 Å². The van der Waals surface area contributed by atoms with E-state index in [1.54, 1.807) is 0 Å². The van der Waals surface area contributed by atoms with Crippen molar-refractivity contribution < 1.29 is 4.79 Å². The molecule has 2 N–H and O–H groups in total. The molecule has 2 aromatic carbocycles. The van der Waals surface area contributed by atoms with Crippen LogP contribution in [0, 0.1) is 13.8 Å². The van der Waals surface area contributed by atoms with Gasteiger partial charge in [-0.15, -0.1) is 0 Å². The zero-order chi connectivity index (χ0) is 24.8. The number of nitrogens with zero attached hydrogens (tertiary/aromatic N) is 5. The Morgan fingerprint density at radius 2 is 1.69 bits per heavy atom. The van der Waals surface area contributed by atoms with Crippen LogP contribution in [-0.4, -0.2) is 84.1 Å². The van der Waals surface area contributed by atoms with E-state index in [1.165, 1.54) is 0 Å². The van der Waals surface area contributed by atoms with Crippen molar-refractivity contribution in [2.24, 2.45) is 0 Å². The summed E-state index contributed by atoms with van der Waals surface area (Å²) in [6, 6.07) is 14.2. The zero-order valence-corrected chi connectivity index (χ0v) is 21.3. The van der Waals surface area contributed by atoms with Gasteiger partial charge < -0.3 is 20.4 Å². The quantitative estimate of drug-likeness (QED) is 0.481. The molecule has 0 bridgehead atoms. The van der Waals surface area contributed by atoms with Crippen LogP contribution in [0.15, 0.2) is 42.5 Å². The molecule has 1 fully saturated rings. The lowest BCUT2D eigenvalue weighted by molar-refractivity contribution is 0.141. The average Bonchev–Trinajstić information content (AvgIpc) is 2.84. The Balaban J connectivity index is 1.36. The maximum Gasteiger partial charge on any atom is 0.321 e. The van der Waals surface area contributed by atoms with Gasteiger partial charge in [-0.3, -0.25) is 4.90 Å². The second-order valence-corrected chi connectivity index (χ2v) is 9.55. The molecule has 1 saturated heterocycles. The van der Waals surface area contributed by atoms with Crippen LogP contribution in [-0.2, 0) is 6.54 Å². The molecule has 8 nitrogen and oxygen atoms in total. The van der Waals surface area contributed by atoms with Gasteiger partial charge in [-0.25, -0.2) is 14.8 Å². The van der Waals surface area contributed by atoms with Gasteiger partial charge >= 0.3 is 6.03 Å². The van der Waals surface area contributed by atoms with Crippen molar-refractivity contribution in [3.63, 3.8) is 0 Å². The van der Waals surface area contributed by atoms with Crippen LogP contribution in [0.2, 0.25) is 0 Å². The monoisotopic (exact) mass is 475 g/mol. The van der Waals surface area contributed by atoms with E-state index in [2.05, 4.69) is 40.6 Å². The van der Waals surface area contributed by atoms with Crippen molar-refractivity contribution in [1.29, 1.82) is 0 Å². The number of carbonyl (C=O) groups excluding carboxylic acids is 1. The van der Waals surface area contributed by atoms with Gasteiger partial charge in [0.2, 0.25) is 0 Å². The second-order valence-electron chi connectivity index (χ2n) is 9.55. The number of aromatic nitrogens is 2. The summed E-state index contributed by atoms with van der Waals surface area (Å²) in [6.45, 7) is 9.56. The van der Waals surface area contributed by atoms with Crippen molar-refractivity contribution in [3.8, 4) is 0 Å². The molecule has 0 aliphatic carbocycles. The molecular formula is C27H37N7O. The van der Waals surface area contributed by atoms with Crippen LogP contribution in [0.1, 0.15) is 23.4 Å². The number of aryl methyl sites for hydroxylation is 2. The average molecular weight is 476 g/mol. The highest BCUT2D eigenvalue weighted by Gasteiger charge is 2.23. The molecule has 1 aliphatic heterocycles. The molecule has 186 valence electrons. The highest BCUT2D eigenvalue weighted by Crippen LogP contribution is 2.22. The predicted molar refractivity (Wildman–Crippen MR) is 143 cm³/mol. The van der Waals surface area contributed by atoms with Gasteiger partial charge in [0.15, 0.2) is 0 Å². The normalized spacial score (nSPS) is 14.5. The molecule has 8 heteroatoms. The summed E-state index contributed by atoms with van der Waals surface area (Å²) in [5, 5.41) is 7.67. The van der Waals surface area contributed by atoms with Gasteiger partial charge in [-0.05, 0) is 64.2 Å². The molecule has 4 rings (SSSR count). The lowest BCUT2D eigenvalue weighted by Crippen LogP contribution is -2.49. The van der Waals surface area contributed by atoms with Crippen LogP contribution >= 0.6 is 0 Å². The minimum absolute atomic E-state index is 0.0341. The van der Waals surface area contributed by atoms with Gasteiger partial charge in [-0.2, -0.15) is 0 Å². The minimum Gasteiger partial charge on any atom is -0.369 e. The van der Waals surface area contributed by atoms with Crippen LogP contribution < -0.4 is 10.6 Å². The third kappa shape index (κ3) is 6.46. The lowest BCUT2D eigenvalue weighted by atomic mass is 10.1. The summed E-state index contributed by atoms with van der Waals surface area (Å²) in [7, 11) is 4.18. The first-order chi connectivity index (χ1) is 16.9. The van der Waals surface area contributed by atoms with Crippen LogP contribution in [0.3, 0.4) is 0 Å². The molecule has 2 heterocycles. The molecule has 0 spiro atoms. The smallest absolute Gasteiger partial charge is 0.321 e. The third-order valence-electron chi connectivity index (χ3n) is 6.46. The first-order valence-electron chi connectivity index (χ1n) is 12.4. The number of anilines is 2. The Morgan fingerprint density at radius 3 is 2.40 bits per heavy atom. The third-order valence-corrected chi connectivity index (χ3v) is 6.46. The van der Waals surface area contributed by atoms with E-state index in [9.17, 15) is 4.79 Å². The summed E-state index contributed by atoms with van der Waals surface area (Å²) < 4.78 is 0. The van der Waals surface area contributed by atoms with Crippen molar-refractivity contribution in [1.82, 2.24) is 24.7 Å². The summed E-state index contributed by atoms with van der Waals surface area (Å²) in [4.78, 5) is 28.9. The SMILES string of the molecule is Cc1cccc(C)c1NC(=O)N1CCN(Cc2nc(NCCCN(C)C)c3ccccc3n2)CC1. The van der Waals surface area contributed by atoms with Crippen molar-refractivity contribution in [2.45, 2.75) is 26.8 Å². The molecule has 1 aromatic heterocycles. The number of urea groups is 1. The molecule has 0 saturated carbocycles.